The molecule has 0 saturated carbocycles. The van der Waals surface area contributed by atoms with Crippen LogP contribution in [0.3, 0.4) is 0 Å². The molecule has 1 saturated heterocycles. The first-order chi connectivity index (χ1) is 8.28. The van der Waals surface area contributed by atoms with E-state index < -0.39 is 0 Å². The maximum atomic E-state index is 5.93. The molecule has 1 fully saturated rings. The van der Waals surface area contributed by atoms with Gasteiger partial charge in [-0.3, -0.25) is 0 Å². The van der Waals surface area contributed by atoms with Crippen LogP contribution >= 0.6 is 0 Å². The van der Waals surface area contributed by atoms with Gasteiger partial charge in [0.2, 0.25) is 5.88 Å². The Morgan fingerprint density at radius 2 is 2.24 bits per heavy atom. The Hall–Kier alpha value is -1.13. The van der Waals surface area contributed by atoms with Crippen LogP contribution < -0.4 is 10.1 Å². The highest BCUT2D eigenvalue weighted by atomic mass is 16.5. The molecule has 1 aliphatic heterocycles. The van der Waals surface area contributed by atoms with Crippen LogP contribution in [0.2, 0.25) is 0 Å². The lowest BCUT2D eigenvalue weighted by atomic mass is 10.1. The first-order valence-corrected chi connectivity index (χ1v) is 6.22. The average molecular weight is 235 g/mol. The fourth-order valence-corrected chi connectivity index (χ4v) is 2.10. The standard InChI is InChI=1S/C13H21N3O/c1-14-10-11-3-6-15-13(9-11)17-12-4-7-16(2)8-5-12/h3,6,9,12,14H,4-5,7-8,10H2,1-2H3. The van der Waals surface area contributed by atoms with Crippen molar-refractivity contribution in [3.05, 3.63) is 23.9 Å². The molecule has 0 bridgehead atoms. The minimum Gasteiger partial charge on any atom is -0.474 e. The van der Waals surface area contributed by atoms with Crippen molar-refractivity contribution in [2.45, 2.75) is 25.5 Å². The van der Waals surface area contributed by atoms with E-state index in [2.05, 4.69) is 22.2 Å². The number of hydrogen-bond acceptors (Lipinski definition) is 4. The molecule has 17 heavy (non-hydrogen) atoms. The molecule has 94 valence electrons. The van der Waals surface area contributed by atoms with Crippen molar-refractivity contribution in [3.63, 3.8) is 0 Å². The van der Waals surface area contributed by atoms with Gasteiger partial charge in [0.05, 0.1) is 0 Å². The van der Waals surface area contributed by atoms with Gasteiger partial charge in [0.15, 0.2) is 0 Å². The van der Waals surface area contributed by atoms with Crippen molar-refractivity contribution in [3.8, 4) is 5.88 Å². The topological polar surface area (TPSA) is 37.4 Å². The van der Waals surface area contributed by atoms with E-state index in [-0.39, 0.29) is 0 Å². The lowest BCUT2D eigenvalue weighted by Gasteiger charge is -2.28. The van der Waals surface area contributed by atoms with Gasteiger partial charge in [-0.25, -0.2) is 4.98 Å². The minimum atomic E-state index is 0.323. The molecular weight excluding hydrogens is 214 g/mol. The number of hydrogen-bond donors (Lipinski definition) is 1. The van der Waals surface area contributed by atoms with Gasteiger partial charge in [-0.2, -0.15) is 0 Å². The van der Waals surface area contributed by atoms with Crippen LogP contribution in [-0.4, -0.2) is 43.2 Å². The Morgan fingerprint density at radius 3 is 2.94 bits per heavy atom. The highest BCUT2D eigenvalue weighted by Gasteiger charge is 2.18. The summed E-state index contributed by atoms with van der Waals surface area (Å²) in [4.78, 5) is 6.61. The number of nitrogens with zero attached hydrogens (tertiary/aromatic N) is 2. The third kappa shape index (κ3) is 3.68. The van der Waals surface area contributed by atoms with Crippen LogP contribution in [0.1, 0.15) is 18.4 Å². The predicted molar refractivity (Wildman–Crippen MR) is 68.1 cm³/mol. The van der Waals surface area contributed by atoms with E-state index in [1.807, 2.05) is 25.4 Å². The summed E-state index contributed by atoms with van der Waals surface area (Å²) in [5.41, 5.74) is 1.21. The van der Waals surface area contributed by atoms with Gasteiger partial charge in [0.25, 0.3) is 0 Å². The maximum absolute atomic E-state index is 5.93. The quantitative estimate of drug-likeness (QED) is 0.853. The summed E-state index contributed by atoms with van der Waals surface area (Å²) in [5, 5.41) is 3.13. The zero-order valence-corrected chi connectivity index (χ0v) is 10.6. The second kappa shape index (κ2) is 5.98. The Bertz CT molecular complexity index is 348. The Labute approximate surface area is 103 Å². The van der Waals surface area contributed by atoms with Crippen molar-refractivity contribution < 1.29 is 4.74 Å². The van der Waals surface area contributed by atoms with Gasteiger partial charge in [0.1, 0.15) is 6.10 Å². The fraction of sp³-hybridized carbons (Fsp3) is 0.615. The molecule has 0 atom stereocenters. The smallest absolute Gasteiger partial charge is 0.213 e. The van der Waals surface area contributed by atoms with Gasteiger partial charge in [-0.05, 0) is 38.6 Å². The monoisotopic (exact) mass is 235 g/mol. The molecule has 4 nitrogen and oxygen atoms in total. The van der Waals surface area contributed by atoms with Crippen molar-refractivity contribution in [1.82, 2.24) is 15.2 Å². The van der Waals surface area contributed by atoms with Crippen molar-refractivity contribution in [2.24, 2.45) is 0 Å². The van der Waals surface area contributed by atoms with Crippen LogP contribution in [0.25, 0.3) is 0 Å². The van der Waals surface area contributed by atoms with Gasteiger partial charge in [-0.15, -0.1) is 0 Å². The maximum Gasteiger partial charge on any atom is 0.213 e. The van der Waals surface area contributed by atoms with Crippen LogP contribution in [-0.2, 0) is 6.54 Å². The van der Waals surface area contributed by atoms with Crippen LogP contribution in [0.5, 0.6) is 5.88 Å². The molecule has 1 aromatic rings. The number of nitrogens with one attached hydrogen (secondary N) is 1. The minimum absolute atomic E-state index is 0.323. The van der Waals surface area contributed by atoms with E-state index in [0.717, 1.165) is 38.4 Å². The summed E-state index contributed by atoms with van der Waals surface area (Å²) in [6.07, 6.45) is 4.32. The first kappa shape index (κ1) is 12.3. The number of aromatic nitrogens is 1. The fourth-order valence-electron chi connectivity index (χ4n) is 2.10. The third-order valence-corrected chi connectivity index (χ3v) is 3.13. The molecule has 0 spiro atoms. The number of rotatable bonds is 4. The number of ether oxygens (including phenoxy) is 1. The second-order valence-electron chi connectivity index (χ2n) is 4.65. The van der Waals surface area contributed by atoms with E-state index >= 15 is 0 Å². The molecule has 0 aliphatic carbocycles. The number of likely N-dealkylation sites (tertiary alicyclic amines) is 1. The first-order valence-electron chi connectivity index (χ1n) is 6.22. The molecule has 0 radical (unpaired) electrons. The molecular formula is C13H21N3O. The molecule has 0 aromatic carbocycles. The van der Waals surface area contributed by atoms with Crippen LogP contribution in [0.4, 0.5) is 0 Å². The summed E-state index contributed by atoms with van der Waals surface area (Å²) in [6.45, 7) is 3.08. The van der Waals surface area contributed by atoms with Crippen molar-refractivity contribution in [1.29, 1.82) is 0 Å². The Morgan fingerprint density at radius 1 is 1.47 bits per heavy atom. The molecule has 1 aliphatic rings. The zero-order valence-electron chi connectivity index (χ0n) is 10.6. The largest absolute Gasteiger partial charge is 0.474 e. The molecule has 2 heterocycles. The summed E-state index contributed by atoms with van der Waals surface area (Å²) in [6, 6.07) is 4.03. The van der Waals surface area contributed by atoms with Crippen molar-refractivity contribution >= 4 is 0 Å². The third-order valence-electron chi connectivity index (χ3n) is 3.13. The van der Waals surface area contributed by atoms with Crippen LogP contribution in [0.15, 0.2) is 18.3 Å². The molecule has 1 N–H and O–H groups in total. The van der Waals surface area contributed by atoms with E-state index in [9.17, 15) is 0 Å². The van der Waals surface area contributed by atoms with E-state index in [1.165, 1.54) is 5.56 Å². The van der Waals surface area contributed by atoms with Crippen molar-refractivity contribution in [2.75, 3.05) is 27.2 Å². The summed E-state index contributed by atoms with van der Waals surface area (Å²) >= 11 is 0. The van der Waals surface area contributed by atoms with Gasteiger partial charge < -0.3 is 15.0 Å². The predicted octanol–water partition coefficient (Wildman–Crippen LogP) is 1.27. The average Bonchev–Trinajstić information content (AvgIpc) is 2.33. The lowest BCUT2D eigenvalue weighted by Crippen LogP contribution is -2.35. The lowest BCUT2D eigenvalue weighted by molar-refractivity contribution is 0.110. The van der Waals surface area contributed by atoms with E-state index in [1.54, 1.807) is 0 Å². The van der Waals surface area contributed by atoms with E-state index in [4.69, 9.17) is 4.74 Å². The second-order valence-corrected chi connectivity index (χ2v) is 4.65. The Kier molecular flexibility index (Phi) is 4.34. The normalized spacial score (nSPS) is 18.2. The highest BCUT2D eigenvalue weighted by molar-refractivity contribution is 5.20. The summed E-state index contributed by atoms with van der Waals surface area (Å²) in [5.74, 6) is 0.757. The van der Waals surface area contributed by atoms with Gasteiger partial charge in [-0.1, -0.05) is 0 Å². The van der Waals surface area contributed by atoms with Crippen LogP contribution in [0, 0.1) is 0 Å². The number of pyridine rings is 1. The van der Waals surface area contributed by atoms with Gasteiger partial charge in [0, 0.05) is 31.9 Å². The summed E-state index contributed by atoms with van der Waals surface area (Å²) in [7, 11) is 4.10. The zero-order chi connectivity index (χ0) is 12.1. The molecule has 2 rings (SSSR count). The Balaban J connectivity index is 1.91. The molecule has 4 heteroatoms. The summed E-state index contributed by atoms with van der Waals surface area (Å²) < 4.78 is 5.93. The van der Waals surface area contributed by atoms with Gasteiger partial charge >= 0.3 is 0 Å². The molecule has 0 amide bonds. The van der Waals surface area contributed by atoms with E-state index in [0.29, 0.717) is 6.10 Å². The highest BCUT2D eigenvalue weighted by Crippen LogP contribution is 2.17. The molecule has 1 aromatic heterocycles. The number of piperidine rings is 1. The SMILES string of the molecule is CNCc1ccnc(OC2CCN(C)CC2)c1. The molecule has 0 unspecified atom stereocenters.